The third-order valence-corrected chi connectivity index (χ3v) is 2.75. The van der Waals surface area contributed by atoms with Crippen LogP contribution in [0, 0.1) is 0 Å². The van der Waals surface area contributed by atoms with E-state index in [4.69, 9.17) is 5.11 Å². The fraction of sp³-hybridized carbons (Fsp3) is 0.385. The summed E-state index contributed by atoms with van der Waals surface area (Å²) < 4.78 is 0. The van der Waals surface area contributed by atoms with Crippen molar-refractivity contribution in [2.24, 2.45) is 0 Å². The number of nitrogens with zero attached hydrogens (tertiary/aromatic N) is 1. The van der Waals surface area contributed by atoms with Gasteiger partial charge in [-0.3, -0.25) is 9.69 Å². The molecule has 0 aliphatic carbocycles. The number of hydrogen-bond donors (Lipinski definition) is 2. The average Bonchev–Trinajstić information content (AvgIpc) is 2.37. The summed E-state index contributed by atoms with van der Waals surface area (Å²) in [5, 5.41) is 11.1. The molecule has 1 atom stereocenters. The zero-order valence-corrected chi connectivity index (χ0v) is 10.8. The molecule has 2 amide bonds. The second-order valence-corrected chi connectivity index (χ2v) is 4.09. The predicted molar refractivity (Wildman–Crippen MR) is 69.9 cm³/mol. The van der Waals surface area contributed by atoms with Crippen LogP contribution in [0.4, 0.5) is 10.5 Å². The molecule has 1 rings (SSSR count). The molecule has 18 heavy (non-hydrogen) atoms. The summed E-state index contributed by atoms with van der Waals surface area (Å²) in [7, 11) is 1.60. The molecular weight excluding hydrogens is 232 g/mol. The van der Waals surface area contributed by atoms with Crippen LogP contribution in [-0.4, -0.2) is 30.2 Å². The van der Waals surface area contributed by atoms with Crippen LogP contribution in [0.3, 0.4) is 0 Å². The Morgan fingerprint density at radius 3 is 2.33 bits per heavy atom. The first-order chi connectivity index (χ1) is 8.45. The van der Waals surface area contributed by atoms with Gasteiger partial charge in [-0.05, 0) is 31.0 Å². The van der Waals surface area contributed by atoms with Gasteiger partial charge in [-0.2, -0.15) is 0 Å². The van der Waals surface area contributed by atoms with Gasteiger partial charge >= 0.3 is 12.0 Å². The largest absolute Gasteiger partial charge is 0.480 e. The van der Waals surface area contributed by atoms with Gasteiger partial charge in [-0.15, -0.1) is 0 Å². The van der Waals surface area contributed by atoms with Crippen LogP contribution in [0.5, 0.6) is 0 Å². The molecule has 1 aromatic rings. The van der Waals surface area contributed by atoms with Crippen molar-refractivity contribution >= 4 is 17.7 Å². The molecule has 0 aromatic heterocycles. The molecule has 0 aliphatic rings. The fourth-order valence-corrected chi connectivity index (χ4v) is 1.42. The summed E-state index contributed by atoms with van der Waals surface area (Å²) >= 11 is 0. The summed E-state index contributed by atoms with van der Waals surface area (Å²) in [6.45, 7) is 3.48. The molecule has 0 heterocycles. The second kappa shape index (κ2) is 6.05. The minimum Gasteiger partial charge on any atom is -0.480 e. The standard InChI is InChI=1S/C13H18N2O3/c1-4-10-5-7-11(8-6-10)15(3)13(18)14-9(2)12(16)17/h5-9H,4H2,1-3H3,(H,14,18)(H,16,17). The van der Waals surface area contributed by atoms with Gasteiger partial charge in [-0.1, -0.05) is 19.1 Å². The van der Waals surface area contributed by atoms with Gasteiger partial charge in [0, 0.05) is 12.7 Å². The van der Waals surface area contributed by atoms with Crippen LogP contribution in [0.15, 0.2) is 24.3 Å². The number of carbonyl (C=O) groups is 2. The predicted octanol–water partition coefficient (Wildman–Crippen LogP) is 1.87. The molecule has 0 radical (unpaired) electrons. The smallest absolute Gasteiger partial charge is 0.325 e. The van der Waals surface area contributed by atoms with Crippen molar-refractivity contribution in [3.8, 4) is 0 Å². The van der Waals surface area contributed by atoms with E-state index in [1.54, 1.807) is 7.05 Å². The highest BCUT2D eigenvalue weighted by Gasteiger charge is 2.17. The summed E-state index contributed by atoms with van der Waals surface area (Å²) in [6.07, 6.45) is 0.937. The number of rotatable bonds is 4. The molecule has 0 aliphatic heterocycles. The Hall–Kier alpha value is -2.04. The lowest BCUT2D eigenvalue weighted by molar-refractivity contribution is -0.138. The Morgan fingerprint density at radius 2 is 1.89 bits per heavy atom. The van der Waals surface area contributed by atoms with Gasteiger partial charge in [0.1, 0.15) is 6.04 Å². The van der Waals surface area contributed by atoms with E-state index in [1.165, 1.54) is 17.4 Å². The maximum absolute atomic E-state index is 11.8. The highest BCUT2D eigenvalue weighted by Crippen LogP contribution is 2.14. The molecule has 0 spiro atoms. The van der Waals surface area contributed by atoms with E-state index < -0.39 is 18.0 Å². The Bertz CT molecular complexity index is 428. The number of aryl methyl sites for hydroxylation is 1. The Balaban J connectivity index is 2.70. The molecule has 0 bridgehead atoms. The van der Waals surface area contributed by atoms with Crippen molar-refractivity contribution in [3.63, 3.8) is 0 Å². The van der Waals surface area contributed by atoms with E-state index in [-0.39, 0.29) is 0 Å². The van der Waals surface area contributed by atoms with Crippen molar-refractivity contribution in [2.75, 3.05) is 11.9 Å². The number of aliphatic carboxylic acids is 1. The van der Waals surface area contributed by atoms with Gasteiger partial charge < -0.3 is 10.4 Å². The van der Waals surface area contributed by atoms with Gasteiger partial charge in [0.2, 0.25) is 0 Å². The van der Waals surface area contributed by atoms with Gasteiger partial charge in [0.15, 0.2) is 0 Å². The molecule has 2 N–H and O–H groups in total. The van der Waals surface area contributed by atoms with Crippen molar-refractivity contribution in [2.45, 2.75) is 26.3 Å². The van der Waals surface area contributed by atoms with E-state index >= 15 is 0 Å². The number of anilines is 1. The summed E-state index contributed by atoms with van der Waals surface area (Å²) in [5.41, 5.74) is 1.91. The lowest BCUT2D eigenvalue weighted by atomic mass is 10.1. The summed E-state index contributed by atoms with van der Waals surface area (Å²) in [5.74, 6) is -1.06. The number of benzene rings is 1. The highest BCUT2D eigenvalue weighted by molar-refractivity contribution is 5.93. The molecule has 0 saturated heterocycles. The van der Waals surface area contributed by atoms with Crippen LogP contribution in [0.2, 0.25) is 0 Å². The first-order valence-corrected chi connectivity index (χ1v) is 5.81. The number of carbonyl (C=O) groups excluding carboxylic acids is 1. The van der Waals surface area contributed by atoms with Gasteiger partial charge in [0.25, 0.3) is 0 Å². The van der Waals surface area contributed by atoms with E-state index in [0.717, 1.165) is 12.1 Å². The Labute approximate surface area is 106 Å². The normalized spacial score (nSPS) is 11.7. The van der Waals surface area contributed by atoms with Crippen molar-refractivity contribution in [1.82, 2.24) is 5.32 Å². The molecule has 5 heteroatoms. The van der Waals surface area contributed by atoms with E-state index in [2.05, 4.69) is 12.2 Å². The number of nitrogens with one attached hydrogen (secondary N) is 1. The second-order valence-electron chi connectivity index (χ2n) is 4.09. The van der Waals surface area contributed by atoms with Crippen molar-refractivity contribution < 1.29 is 14.7 Å². The minimum atomic E-state index is -1.06. The Kier molecular flexibility index (Phi) is 4.71. The number of amides is 2. The number of carboxylic acid groups (broad SMARTS) is 1. The van der Waals surface area contributed by atoms with Crippen LogP contribution in [-0.2, 0) is 11.2 Å². The fourth-order valence-electron chi connectivity index (χ4n) is 1.42. The number of carboxylic acids is 1. The highest BCUT2D eigenvalue weighted by atomic mass is 16.4. The first kappa shape index (κ1) is 14.0. The number of urea groups is 1. The molecular formula is C13H18N2O3. The molecule has 98 valence electrons. The van der Waals surface area contributed by atoms with Crippen LogP contribution >= 0.6 is 0 Å². The van der Waals surface area contributed by atoms with E-state index in [9.17, 15) is 9.59 Å². The third-order valence-electron chi connectivity index (χ3n) is 2.75. The van der Waals surface area contributed by atoms with Crippen LogP contribution in [0.1, 0.15) is 19.4 Å². The van der Waals surface area contributed by atoms with E-state index in [1.807, 2.05) is 24.3 Å². The van der Waals surface area contributed by atoms with Crippen molar-refractivity contribution in [3.05, 3.63) is 29.8 Å². The van der Waals surface area contributed by atoms with Crippen LogP contribution < -0.4 is 10.2 Å². The molecule has 0 fully saturated rings. The van der Waals surface area contributed by atoms with Crippen LogP contribution in [0.25, 0.3) is 0 Å². The average molecular weight is 250 g/mol. The lowest BCUT2D eigenvalue weighted by Gasteiger charge is -2.20. The quantitative estimate of drug-likeness (QED) is 0.857. The minimum absolute atomic E-state index is 0.436. The maximum atomic E-state index is 11.8. The van der Waals surface area contributed by atoms with E-state index in [0.29, 0.717) is 0 Å². The SMILES string of the molecule is CCc1ccc(N(C)C(=O)NC(C)C(=O)O)cc1. The molecule has 1 aromatic carbocycles. The lowest BCUT2D eigenvalue weighted by Crippen LogP contribution is -2.45. The summed E-state index contributed by atoms with van der Waals surface area (Å²) in [6, 6.07) is 6.22. The van der Waals surface area contributed by atoms with Gasteiger partial charge in [-0.25, -0.2) is 4.79 Å². The maximum Gasteiger partial charge on any atom is 0.325 e. The molecule has 5 nitrogen and oxygen atoms in total. The topological polar surface area (TPSA) is 69.6 Å². The van der Waals surface area contributed by atoms with Gasteiger partial charge in [0.05, 0.1) is 0 Å². The first-order valence-electron chi connectivity index (χ1n) is 5.81. The van der Waals surface area contributed by atoms with Crippen molar-refractivity contribution in [1.29, 1.82) is 0 Å². The Morgan fingerprint density at radius 1 is 1.33 bits per heavy atom. The monoisotopic (exact) mass is 250 g/mol. The zero-order chi connectivity index (χ0) is 13.7. The third kappa shape index (κ3) is 3.48. The molecule has 1 unspecified atom stereocenters. The molecule has 0 saturated carbocycles. The number of hydrogen-bond acceptors (Lipinski definition) is 2. The summed E-state index contributed by atoms with van der Waals surface area (Å²) in [4.78, 5) is 23.8. The zero-order valence-electron chi connectivity index (χ0n) is 10.8.